The van der Waals surface area contributed by atoms with Gasteiger partial charge < -0.3 is 19.5 Å². The number of nitrogens with one attached hydrogen (secondary N) is 1. The molecular weight excluding hydrogens is 392 g/mol. The van der Waals surface area contributed by atoms with Crippen LogP contribution in [0.5, 0.6) is 17.2 Å². The summed E-state index contributed by atoms with van der Waals surface area (Å²) in [6.07, 6.45) is 2.94. The summed E-state index contributed by atoms with van der Waals surface area (Å²) in [6.45, 7) is 2.14. The molecule has 0 aliphatic carbocycles. The summed E-state index contributed by atoms with van der Waals surface area (Å²) in [4.78, 5) is 15.3. The third kappa shape index (κ3) is 4.79. The third-order valence-corrected chi connectivity index (χ3v) is 6.55. The maximum absolute atomic E-state index is 12.9. The fraction of sp³-hybridized carbons (Fsp3) is 0.480. The molecular formula is C25H32N2O4. The summed E-state index contributed by atoms with van der Waals surface area (Å²) in [5.74, 6) is 2.73. The molecule has 4 rings (SSSR count). The number of piperidine rings is 1. The number of amides is 1. The van der Waals surface area contributed by atoms with Crippen molar-refractivity contribution in [1.29, 1.82) is 0 Å². The van der Waals surface area contributed by atoms with Crippen LogP contribution in [0, 0.1) is 11.8 Å². The van der Waals surface area contributed by atoms with E-state index in [1.165, 1.54) is 5.56 Å². The highest BCUT2D eigenvalue weighted by molar-refractivity contribution is 5.79. The molecule has 1 fully saturated rings. The lowest BCUT2D eigenvalue weighted by Crippen LogP contribution is -2.44. The van der Waals surface area contributed by atoms with Gasteiger partial charge in [0.05, 0.1) is 20.1 Å². The number of fused-ring (bicyclic) bond motifs is 1. The van der Waals surface area contributed by atoms with Gasteiger partial charge in [-0.1, -0.05) is 18.2 Å². The number of methoxy groups -OCH3 is 2. The average Bonchev–Trinajstić information content (AvgIpc) is 2.82. The molecule has 2 aromatic carbocycles. The molecule has 2 aliphatic rings. The van der Waals surface area contributed by atoms with Gasteiger partial charge in [-0.25, -0.2) is 0 Å². The Balaban J connectivity index is 1.39. The van der Waals surface area contributed by atoms with Crippen molar-refractivity contribution in [2.45, 2.75) is 25.3 Å². The van der Waals surface area contributed by atoms with Crippen molar-refractivity contribution in [3.8, 4) is 17.2 Å². The first-order valence-electron chi connectivity index (χ1n) is 11.0. The fourth-order valence-corrected chi connectivity index (χ4v) is 4.83. The van der Waals surface area contributed by atoms with Crippen molar-refractivity contribution in [2.24, 2.45) is 11.8 Å². The summed E-state index contributed by atoms with van der Waals surface area (Å²) in [5, 5.41) is 3.22. The first kappa shape index (κ1) is 21.5. The molecule has 1 amide bonds. The molecule has 166 valence electrons. The van der Waals surface area contributed by atoms with E-state index in [-0.39, 0.29) is 17.9 Å². The molecule has 0 bridgehead atoms. The zero-order valence-corrected chi connectivity index (χ0v) is 18.6. The molecule has 1 N–H and O–H groups in total. The van der Waals surface area contributed by atoms with Gasteiger partial charge in [-0.05, 0) is 68.1 Å². The van der Waals surface area contributed by atoms with Gasteiger partial charge in [-0.2, -0.15) is 0 Å². The number of ether oxygens (including phenoxy) is 3. The number of likely N-dealkylation sites (tertiary alicyclic amines) is 1. The Hall–Kier alpha value is -2.73. The van der Waals surface area contributed by atoms with Crippen LogP contribution in [0.2, 0.25) is 0 Å². The number of carbonyl (C=O) groups is 1. The van der Waals surface area contributed by atoms with Gasteiger partial charge in [-0.3, -0.25) is 9.69 Å². The minimum absolute atomic E-state index is 0.0724. The van der Waals surface area contributed by atoms with Crippen LogP contribution in [0.3, 0.4) is 0 Å². The van der Waals surface area contributed by atoms with Gasteiger partial charge >= 0.3 is 0 Å². The van der Waals surface area contributed by atoms with Crippen LogP contribution in [0.4, 0.5) is 0 Å². The highest BCUT2D eigenvalue weighted by Crippen LogP contribution is 2.36. The Bertz CT molecular complexity index is 899. The van der Waals surface area contributed by atoms with E-state index in [4.69, 9.17) is 14.2 Å². The van der Waals surface area contributed by atoms with Crippen LogP contribution < -0.4 is 19.5 Å². The van der Waals surface area contributed by atoms with E-state index in [0.717, 1.165) is 42.2 Å². The molecule has 0 aromatic heterocycles. The van der Waals surface area contributed by atoms with E-state index in [1.54, 1.807) is 14.2 Å². The Kier molecular flexibility index (Phi) is 6.66. The number of carbonyl (C=O) groups excluding carboxylic acids is 1. The van der Waals surface area contributed by atoms with E-state index in [9.17, 15) is 4.79 Å². The molecule has 2 heterocycles. The Morgan fingerprint density at radius 1 is 1.13 bits per heavy atom. The Morgan fingerprint density at radius 2 is 1.87 bits per heavy atom. The summed E-state index contributed by atoms with van der Waals surface area (Å²) in [6, 6.07) is 14.4. The Morgan fingerprint density at radius 3 is 2.61 bits per heavy atom. The molecule has 2 aromatic rings. The SMILES string of the molecule is COc1ccc(C2C(CNC(=O)C3COc4cc(OC)ccc4C3)CCCN2C)cc1. The molecule has 6 nitrogen and oxygen atoms in total. The minimum atomic E-state index is -0.165. The lowest BCUT2D eigenvalue weighted by molar-refractivity contribution is -0.126. The number of hydrogen-bond donors (Lipinski definition) is 1. The minimum Gasteiger partial charge on any atom is -0.497 e. The first-order valence-corrected chi connectivity index (χ1v) is 11.0. The van der Waals surface area contributed by atoms with Crippen LogP contribution in [0.25, 0.3) is 0 Å². The molecule has 3 atom stereocenters. The lowest BCUT2D eigenvalue weighted by Gasteiger charge is -2.40. The highest BCUT2D eigenvalue weighted by atomic mass is 16.5. The highest BCUT2D eigenvalue weighted by Gasteiger charge is 2.32. The van der Waals surface area contributed by atoms with E-state index in [2.05, 4.69) is 29.4 Å². The summed E-state index contributed by atoms with van der Waals surface area (Å²) in [5.41, 5.74) is 2.33. The van der Waals surface area contributed by atoms with E-state index in [0.29, 0.717) is 25.5 Å². The summed E-state index contributed by atoms with van der Waals surface area (Å²) in [7, 11) is 5.50. The number of benzene rings is 2. The van der Waals surface area contributed by atoms with E-state index < -0.39 is 0 Å². The number of rotatable bonds is 6. The predicted octanol–water partition coefficient (Wildman–Crippen LogP) is 3.45. The van der Waals surface area contributed by atoms with Gasteiger partial charge in [0.1, 0.15) is 23.9 Å². The van der Waals surface area contributed by atoms with Gasteiger partial charge in [-0.15, -0.1) is 0 Å². The van der Waals surface area contributed by atoms with Crippen molar-refractivity contribution in [3.05, 3.63) is 53.6 Å². The van der Waals surface area contributed by atoms with Crippen LogP contribution >= 0.6 is 0 Å². The van der Waals surface area contributed by atoms with Crippen LogP contribution in [-0.2, 0) is 11.2 Å². The summed E-state index contributed by atoms with van der Waals surface area (Å²) < 4.78 is 16.4. The van der Waals surface area contributed by atoms with Gasteiger partial charge in [0.15, 0.2) is 0 Å². The predicted molar refractivity (Wildman–Crippen MR) is 120 cm³/mol. The normalized spacial score (nSPS) is 23.4. The number of hydrogen-bond acceptors (Lipinski definition) is 5. The lowest BCUT2D eigenvalue weighted by atomic mass is 9.84. The molecule has 6 heteroatoms. The Labute approximate surface area is 184 Å². The van der Waals surface area contributed by atoms with Crippen LogP contribution in [-0.4, -0.2) is 51.8 Å². The van der Waals surface area contributed by atoms with Crippen LogP contribution in [0.1, 0.15) is 30.0 Å². The quantitative estimate of drug-likeness (QED) is 0.770. The maximum atomic E-state index is 12.9. The van der Waals surface area contributed by atoms with Crippen molar-refractivity contribution in [3.63, 3.8) is 0 Å². The second kappa shape index (κ2) is 9.60. The molecule has 1 saturated heterocycles. The molecule has 3 unspecified atom stereocenters. The van der Waals surface area contributed by atoms with Crippen molar-refractivity contribution < 1.29 is 19.0 Å². The zero-order valence-electron chi connectivity index (χ0n) is 18.6. The fourth-order valence-electron chi connectivity index (χ4n) is 4.83. The van der Waals surface area contributed by atoms with E-state index in [1.807, 2.05) is 30.3 Å². The zero-order chi connectivity index (χ0) is 21.8. The molecule has 31 heavy (non-hydrogen) atoms. The smallest absolute Gasteiger partial charge is 0.226 e. The molecule has 2 aliphatic heterocycles. The number of nitrogens with zero attached hydrogens (tertiary/aromatic N) is 1. The topological polar surface area (TPSA) is 60.0 Å². The van der Waals surface area contributed by atoms with Gasteiger partial charge in [0, 0.05) is 18.7 Å². The van der Waals surface area contributed by atoms with Crippen LogP contribution in [0.15, 0.2) is 42.5 Å². The molecule has 0 radical (unpaired) electrons. The van der Waals surface area contributed by atoms with Crippen molar-refractivity contribution in [2.75, 3.05) is 41.0 Å². The maximum Gasteiger partial charge on any atom is 0.226 e. The van der Waals surface area contributed by atoms with E-state index >= 15 is 0 Å². The first-order chi connectivity index (χ1) is 15.1. The van der Waals surface area contributed by atoms with Crippen molar-refractivity contribution >= 4 is 5.91 Å². The second-order valence-corrected chi connectivity index (χ2v) is 8.53. The summed E-state index contributed by atoms with van der Waals surface area (Å²) >= 11 is 0. The molecule has 0 saturated carbocycles. The van der Waals surface area contributed by atoms with Gasteiger partial charge in [0.2, 0.25) is 5.91 Å². The van der Waals surface area contributed by atoms with Gasteiger partial charge in [0.25, 0.3) is 0 Å². The standard InChI is InChI=1S/C25H32N2O4/c1-27-12-4-5-19(24(27)17-6-9-21(29-2)10-7-17)15-26-25(28)20-13-18-8-11-22(30-3)14-23(18)31-16-20/h6-11,14,19-20,24H,4-5,12-13,15-16H2,1-3H3,(H,26,28). The second-order valence-electron chi connectivity index (χ2n) is 8.53. The molecule has 0 spiro atoms. The largest absolute Gasteiger partial charge is 0.497 e. The van der Waals surface area contributed by atoms with Crippen molar-refractivity contribution in [1.82, 2.24) is 10.2 Å². The monoisotopic (exact) mass is 424 g/mol. The third-order valence-electron chi connectivity index (χ3n) is 6.55. The average molecular weight is 425 g/mol.